The number of amides is 1. The van der Waals surface area contributed by atoms with Gasteiger partial charge < -0.3 is 4.74 Å². The second kappa shape index (κ2) is 6.37. The molecule has 120 valence electrons. The summed E-state index contributed by atoms with van der Waals surface area (Å²) in [5, 5.41) is 0. The number of nitrogens with zero attached hydrogens (tertiary/aromatic N) is 2. The molecule has 2 atom stereocenters. The van der Waals surface area contributed by atoms with Crippen LogP contribution in [0.1, 0.15) is 30.4 Å². The maximum atomic E-state index is 12.2. The highest BCUT2D eigenvalue weighted by Gasteiger charge is 2.39. The molecule has 0 spiro atoms. The van der Waals surface area contributed by atoms with Crippen LogP contribution in [-0.4, -0.2) is 23.7 Å². The third-order valence-electron chi connectivity index (χ3n) is 4.63. The maximum absolute atomic E-state index is 12.2. The lowest BCUT2D eigenvalue weighted by Gasteiger charge is -2.33. The highest BCUT2D eigenvalue weighted by Crippen LogP contribution is 2.34. The number of ether oxygens (including phenoxy) is 1. The topological polar surface area (TPSA) is 42.4 Å². The van der Waals surface area contributed by atoms with Crippen molar-refractivity contribution < 1.29 is 9.53 Å². The fraction of sp³-hybridized carbons (Fsp3) is 0.300. The largest absolute Gasteiger partial charge is 0.445 e. The Bertz CT molecular complexity index is 790. The first kappa shape index (κ1) is 14.8. The van der Waals surface area contributed by atoms with Crippen LogP contribution in [0, 0.1) is 17.8 Å². The third-order valence-corrected chi connectivity index (χ3v) is 4.63. The van der Waals surface area contributed by atoms with Crippen LogP contribution in [0.15, 0.2) is 48.7 Å². The Labute approximate surface area is 141 Å². The number of anilines is 1. The summed E-state index contributed by atoms with van der Waals surface area (Å²) in [7, 11) is 0. The zero-order valence-electron chi connectivity index (χ0n) is 13.3. The van der Waals surface area contributed by atoms with Crippen molar-refractivity contribution in [3.05, 3.63) is 59.8 Å². The van der Waals surface area contributed by atoms with E-state index in [2.05, 4.69) is 16.8 Å². The van der Waals surface area contributed by atoms with E-state index < -0.39 is 0 Å². The van der Waals surface area contributed by atoms with Crippen LogP contribution in [0.25, 0.3) is 0 Å². The summed E-state index contributed by atoms with van der Waals surface area (Å²) in [6.45, 7) is 0.700. The lowest BCUT2D eigenvalue weighted by Crippen LogP contribution is -2.46. The SMILES string of the molecule is O=C1O[C@H]2CCC[C@@H]2CN1c1ccc(C#Cc2ccccc2)cn1. The zero-order valence-corrected chi connectivity index (χ0v) is 13.3. The van der Waals surface area contributed by atoms with Crippen molar-refractivity contribution in [2.75, 3.05) is 11.4 Å². The predicted octanol–water partition coefficient (Wildman–Crippen LogP) is 3.61. The quantitative estimate of drug-likeness (QED) is 0.754. The fourth-order valence-corrected chi connectivity index (χ4v) is 3.34. The Morgan fingerprint density at radius 2 is 1.88 bits per heavy atom. The van der Waals surface area contributed by atoms with Gasteiger partial charge in [-0.1, -0.05) is 30.0 Å². The van der Waals surface area contributed by atoms with Crippen molar-refractivity contribution in [2.45, 2.75) is 25.4 Å². The molecule has 4 rings (SSSR count). The molecule has 4 nitrogen and oxygen atoms in total. The molecule has 1 aromatic heterocycles. The Morgan fingerprint density at radius 1 is 1.04 bits per heavy atom. The van der Waals surface area contributed by atoms with Crippen LogP contribution in [0.5, 0.6) is 0 Å². The van der Waals surface area contributed by atoms with Gasteiger partial charge in [-0.25, -0.2) is 9.78 Å². The van der Waals surface area contributed by atoms with Gasteiger partial charge in [0.15, 0.2) is 0 Å². The van der Waals surface area contributed by atoms with Gasteiger partial charge in [-0.15, -0.1) is 0 Å². The monoisotopic (exact) mass is 318 g/mol. The van der Waals surface area contributed by atoms with Gasteiger partial charge in [0, 0.05) is 29.8 Å². The minimum atomic E-state index is -0.284. The van der Waals surface area contributed by atoms with Crippen molar-refractivity contribution in [1.82, 2.24) is 4.98 Å². The van der Waals surface area contributed by atoms with Crippen LogP contribution in [0.3, 0.4) is 0 Å². The Balaban J connectivity index is 1.50. The van der Waals surface area contributed by atoms with Crippen molar-refractivity contribution in [3.8, 4) is 11.8 Å². The smallest absolute Gasteiger partial charge is 0.415 e. The van der Waals surface area contributed by atoms with Crippen molar-refractivity contribution in [3.63, 3.8) is 0 Å². The first-order valence-electron chi connectivity index (χ1n) is 8.31. The van der Waals surface area contributed by atoms with Crippen LogP contribution in [0.4, 0.5) is 10.6 Å². The van der Waals surface area contributed by atoms with E-state index in [1.807, 2.05) is 42.5 Å². The van der Waals surface area contributed by atoms with E-state index in [1.54, 1.807) is 11.1 Å². The molecule has 1 aliphatic carbocycles. The van der Waals surface area contributed by atoms with Crippen molar-refractivity contribution in [2.24, 2.45) is 5.92 Å². The molecule has 2 aliphatic rings. The van der Waals surface area contributed by atoms with Gasteiger partial charge in [-0.05, 0) is 43.5 Å². The molecule has 0 radical (unpaired) electrons. The minimum absolute atomic E-state index is 0.102. The number of pyridine rings is 1. The predicted molar refractivity (Wildman–Crippen MR) is 91.6 cm³/mol. The van der Waals surface area contributed by atoms with Crippen molar-refractivity contribution in [1.29, 1.82) is 0 Å². The van der Waals surface area contributed by atoms with E-state index in [9.17, 15) is 4.79 Å². The molecule has 1 amide bonds. The Morgan fingerprint density at radius 3 is 2.67 bits per heavy atom. The maximum Gasteiger partial charge on any atom is 0.415 e. The molecule has 1 aliphatic heterocycles. The number of hydrogen-bond donors (Lipinski definition) is 0. The van der Waals surface area contributed by atoms with E-state index in [4.69, 9.17) is 4.74 Å². The molecule has 24 heavy (non-hydrogen) atoms. The molecule has 0 N–H and O–H groups in total. The summed E-state index contributed by atoms with van der Waals surface area (Å²) in [6.07, 6.45) is 4.77. The number of rotatable bonds is 1. The van der Waals surface area contributed by atoms with E-state index in [1.165, 1.54) is 0 Å². The zero-order chi connectivity index (χ0) is 16.4. The van der Waals surface area contributed by atoms with Gasteiger partial charge in [0.25, 0.3) is 0 Å². The first-order chi connectivity index (χ1) is 11.8. The third kappa shape index (κ3) is 2.98. The van der Waals surface area contributed by atoms with Crippen LogP contribution in [0.2, 0.25) is 0 Å². The average molecular weight is 318 g/mol. The lowest BCUT2D eigenvalue weighted by molar-refractivity contribution is 0.0633. The molecular formula is C20H18N2O2. The summed E-state index contributed by atoms with van der Waals surface area (Å²) >= 11 is 0. The second-order valence-electron chi connectivity index (χ2n) is 6.24. The molecule has 2 aromatic rings. The highest BCUT2D eigenvalue weighted by molar-refractivity contribution is 5.87. The van der Waals surface area contributed by atoms with Gasteiger partial charge in [0.2, 0.25) is 0 Å². The average Bonchev–Trinajstić information content (AvgIpc) is 3.08. The summed E-state index contributed by atoms with van der Waals surface area (Å²) in [5.41, 5.74) is 1.79. The standard InChI is InChI=1S/C20H18N2O2/c23-20-22(14-17-7-4-8-18(17)24-20)19-12-11-16(13-21-19)10-9-15-5-2-1-3-6-15/h1-3,5-6,11-13,17-18H,4,7-8,14H2/t17-,18+/m1/s1. The summed E-state index contributed by atoms with van der Waals surface area (Å²) in [5.74, 6) is 7.26. The summed E-state index contributed by atoms with van der Waals surface area (Å²) in [4.78, 5) is 18.2. The van der Waals surface area contributed by atoms with E-state index in [0.717, 1.165) is 30.4 Å². The van der Waals surface area contributed by atoms with E-state index in [0.29, 0.717) is 18.3 Å². The molecule has 1 saturated carbocycles. The number of aromatic nitrogens is 1. The van der Waals surface area contributed by atoms with Gasteiger partial charge in [-0.2, -0.15) is 0 Å². The van der Waals surface area contributed by atoms with Gasteiger partial charge >= 0.3 is 6.09 Å². The molecule has 4 heteroatoms. The van der Waals surface area contributed by atoms with Gasteiger partial charge in [-0.3, -0.25) is 4.90 Å². The normalized spacial score (nSPS) is 22.3. The minimum Gasteiger partial charge on any atom is -0.445 e. The molecule has 1 aromatic carbocycles. The number of hydrogen-bond acceptors (Lipinski definition) is 3. The first-order valence-corrected chi connectivity index (χ1v) is 8.31. The van der Waals surface area contributed by atoms with Gasteiger partial charge in [0.1, 0.15) is 11.9 Å². The number of carbonyl (C=O) groups is 1. The molecule has 0 unspecified atom stereocenters. The fourth-order valence-electron chi connectivity index (χ4n) is 3.34. The molecule has 1 saturated heterocycles. The van der Waals surface area contributed by atoms with Crippen LogP contribution < -0.4 is 4.90 Å². The van der Waals surface area contributed by atoms with Gasteiger partial charge in [0.05, 0.1) is 0 Å². The summed E-state index contributed by atoms with van der Waals surface area (Å²) < 4.78 is 5.53. The molecular weight excluding hydrogens is 300 g/mol. The van der Waals surface area contributed by atoms with Crippen LogP contribution >= 0.6 is 0 Å². The number of carbonyl (C=O) groups excluding carboxylic acids is 1. The van der Waals surface area contributed by atoms with E-state index in [-0.39, 0.29) is 12.2 Å². The number of benzene rings is 1. The lowest BCUT2D eigenvalue weighted by atomic mass is 10.0. The Hall–Kier alpha value is -2.80. The molecule has 2 fully saturated rings. The van der Waals surface area contributed by atoms with Crippen LogP contribution in [-0.2, 0) is 4.74 Å². The second-order valence-corrected chi connectivity index (χ2v) is 6.24. The Kier molecular flexibility index (Phi) is 3.92. The van der Waals surface area contributed by atoms with E-state index >= 15 is 0 Å². The molecule has 0 bridgehead atoms. The molecule has 2 heterocycles. The van der Waals surface area contributed by atoms with Crippen molar-refractivity contribution >= 4 is 11.9 Å². The number of fused-ring (bicyclic) bond motifs is 1. The summed E-state index contributed by atoms with van der Waals surface area (Å²) in [6, 6.07) is 13.6. The highest BCUT2D eigenvalue weighted by atomic mass is 16.6.